The fourth-order valence-corrected chi connectivity index (χ4v) is 4.14. The summed E-state index contributed by atoms with van der Waals surface area (Å²) in [5, 5.41) is 19.5. The molecular weight excluding hydrogens is 366 g/mol. The van der Waals surface area contributed by atoms with Gasteiger partial charge in [-0.15, -0.1) is 0 Å². The van der Waals surface area contributed by atoms with E-state index in [4.69, 9.17) is 10.4 Å². The third kappa shape index (κ3) is 4.20. The molecule has 0 saturated carbocycles. The summed E-state index contributed by atoms with van der Waals surface area (Å²) >= 11 is 0. The lowest BCUT2D eigenvalue weighted by Gasteiger charge is -2.29. The second-order valence-corrected chi connectivity index (χ2v) is 7.76. The fraction of sp³-hybridized carbons (Fsp3) is 0.476. The van der Waals surface area contributed by atoms with E-state index in [0.717, 1.165) is 50.6 Å². The molecule has 29 heavy (non-hydrogen) atoms. The maximum Gasteiger partial charge on any atom is 0.243 e. The van der Waals surface area contributed by atoms with Crippen LogP contribution >= 0.6 is 0 Å². The van der Waals surface area contributed by atoms with E-state index in [-0.39, 0.29) is 18.5 Å². The Morgan fingerprint density at radius 3 is 2.69 bits per heavy atom. The Hall–Kier alpha value is -3.05. The standard InChI is InChI=1S/C21H27N7O/c1-16-14-19(21(29)24-8-7-22)27(15-16)20-6-11-28(25-20)18-4-2-17(3-5-18)26-12-9-23-10-13-26/h2-6,11,16,19,23H,8-10,12-15H2,1H3,(H,24,29)/t16?,19-/m0/s1. The first-order valence-corrected chi connectivity index (χ1v) is 10.2. The van der Waals surface area contributed by atoms with Crippen molar-refractivity contribution in [1.82, 2.24) is 20.4 Å². The summed E-state index contributed by atoms with van der Waals surface area (Å²) in [6.45, 7) is 7.02. The fourth-order valence-electron chi connectivity index (χ4n) is 4.14. The zero-order valence-corrected chi connectivity index (χ0v) is 16.7. The molecule has 2 fully saturated rings. The van der Waals surface area contributed by atoms with Gasteiger partial charge in [-0.05, 0) is 36.6 Å². The number of anilines is 2. The van der Waals surface area contributed by atoms with Gasteiger partial charge in [0.2, 0.25) is 5.91 Å². The van der Waals surface area contributed by atoms with Crippen LogP contribution in [0.25, 0.3) is 5.69 Å². The van der Waals surface area contributed by atoms with Crippen LogP contribution in [0, 0.1) is 17.2 Å². The lowest BCUT2D eigenvalue weighted by atomic mass is 10.1. The van der Waals surface area contributed by atoms with Gasteiger partial charge in [0.25, 0.3) is 0 Å². The molecule has 2 atom stereocenters. The Morgan fingerprint density at radius 2 is 1.97 bits per heavy atom. The van der Waals surface area contributed by atoms with Gasteiger partial charge >= 0.3 is 0 Å². The number of hydrogen-bond acceptors (Lipinski definition) is 6. The number of piperazine rings is 1. The third-order valence-electron chi connectivity index (χ3n) is 5.62. The van der Waals surface area contributed by atoms with Crippen LogP contribution in [0.3, 0.4) is 0 Å². The number of nitriles is 1. The highest BCUT2D eigenvalue weighted by Crippen LogP contribution is 2.28. The number of aromatic nitrogens is 2. The molecule has 1 aromatic heterocycles. The van der Waals surface area contributed by atoms with Gasteiger partial charge < -0.3 is 20.4 Å². The highest BCUT2D eigenvalue weighted by molar-refractivity contribution is 5.85. The monoisotopic (exact) mass is 393 g/mol. The lowest BCUT2D eigenvalue weighted by molar-refractivity contribution is -0.122. The van der Waals surface area contributed by atoms with Gasteiger partial charge in [0, 0.05) is 50.7 Å². The summed E-state index contributed by atoms with van der Waals surface area (Å²) in [5.74, 6) is 1.08. The molecular formula is C21H27N7O. The molecule has 0 spiro atoms. The number of amides is 1. The number of hydrogen-bond donors (Lipinski definition) is 2. The molecule has 1 aromatic carbocycles. The Balaban J connectivity index is 1.48. The van der Waals surface area contributed by atoms with Crippen LogP contribution in [-0.2, 0) is 4.79 Å². The van der Waals surface area contributed by atoms with Crippen molar-refractivity contribution in [2.45, 2.75) is 19.4 Å². The smallest absolute Gasteiger partial charge is 0.243 e. The van der Waals surface area contributed by atoms with Crippen molar-refractivity contribution < 1.29 is 4.79 Å². The van der Waals surface area contributed by atoms with Gasteiger partial charge in [-0.3, -0.25) is 4.79 Å². The molecule has 2 aromatic rings. The zero-order chi connectivity index (χ0) is 20.2. The molecule has 3 heterocycles. The molecule has 8 heteroatoms. The normalized spacial score (nSPS) is 21.8. The topological polar surface area (TPSA) is 89.2 Å². The van der Waals surface area contributed by atoms with Crippen molar-refractivity contribution in [3.05, 3.63) is 36.5 Å². The van der Waals surface area contributed by atoms with E-state index in [1.807, 2.05) is 27.9 Å². The second-order valence-electron chi connectivity index (χ2n) is 7.76. The second kappa shape index (κ2) is 8.53. The summed E-state index contributed by atoms with van der Waals surface area (Å²) in [4.78, 5) is 16.9. The average molecular weight is 393 g/mol. The van der Waals surface area contributed by atoms with Gasteiger partial charge in [0.1, 0.15) is 12.6 Å². The van der Waals surface area contributed by atoms with Gasteiger partial charge in [0.15, 0.2) is 5.82 Å². The zero-order valence-electron chi connectivity index (χ0n) is 16.7. The van der Waals surface area contributed by atoms with E-state index in [9.17, 15) is 4.79 Å². The number of carbonyl (C=O) groups excluding carboxylic acids is 1. The predicted octanol–water partition coefficient (Wildman–Crippen LogP) is 1.14. The first-order chi connectivity index (χ1) is 14.2. The number of rotatable bonds is 5. The van der Waals surface area contributed by atoms with Crippen LogP contribution in [-0.4, -0.2) is 61.0 Å². The lowest BCUT2D eigenvalue weighted by Crippen LogP contribution is -2.43. The molecule has 2 aliphatic rings. The minimum absolute atomic E-state index is 0.0332. The van der Waals surface area contributed by atoms with Crippen molar-refractivity contribution >= 4 is 17.4 Å². The van der Waals surface area contributed by atoms with Crippen LogP contribution < -0.4 is 20.4 Å². The third-order valence-corrected chi connectivity index (χ3v) is 5.62. The molecule has 2 aliphatic heterocycles. The van der Waals surface area contributed by atoms with E-state index in [0.29, 0.717) is 5.92 Å². The summed E-state index contributed by atoms with van der Waals surface area (Å²) in [5.41, 5.74) is 2.22. The Labute approximate surface area is 171 Å². The maximum absolute atomic E-state index is 12.5. The number of nitrogens with zero attached hydrogens (tertiary/aromatic N) is 5. The highest BCUT2D eigenvalue weighted by Gasteiger charge is 2.35. The van der Waals surface area contributed by atoms with Crippen LogP contribution in [0.4, 0.5) is 11.5 Å². The van der Waals surface area contributed by atoms with Crippen molar-refractivity contribution in [3.63, 3.8) is 0 Å². The number of benzene rings is 1. The minimum atomic E-state index is -0.281. The Morgan fingerprint density at radius 1 is 1.24 bits per heavy atom. The molecule has 1 unspecified atom stereocenters. The Bertz CT molecular complexity index is 879. The highest BCUT2D eigenvalue weighted by atomic mass is 16.2. The summed E-state index contributed by atoms with van der Waals surface area (Å²) < 4.78 is 1.85. The van der Waals surface area contributed by atoms with Gasteiger partial charge in [0.05, 0.1) is 11.8 Å². The van der Waals surface area contributed by atoms with E-state index in [1.54, 1.807) is 0 Å². The molecule has 0 aliphatic carbocycles. The van der Waals surface area contributed by atoms with Crippen molar-refractivity contribution in [2.75, 3.05) is 49.1 Å². The van der Waals surface area contributed by atoms with E-state index >= 15 is 0 Å². The average Bonchev–Trinajstić information content (AvgIpc) is 3.39. The largest absolute Gasteiger partial charge is 0.369 e. The van der Waals surface area contributed by atoms with Crippen molar-refractivity contribution in [2.24, 2.45) is 5.92 Å². The first-order valence-electron chi connectivity index (χ1n) is 10.2. The molecule has 1 amide bonds. The van der Waals surface area contributed by atoms with Gasteiger partial charge in [-0.1, -0.05) is 6.92 Å². The van der Waals surface area contributed by atoms with E-state index in [2.05, 4.69) is 46.7 Å². The Kier molecular flexibility index (Phi) is 5.67. The molecule has 152 valence electrons. The van der Waals surface area contributed by atoms with Gasteiger partial charge in [-0.25, -0.2) is 4.68 Å². The molecule has 0 bridgehead atoms. The van der Waals surface area contributed by atoms with Gasteiger partial charge in [-0.2, -0.15) is 10.4 Å². The molecule has 2 N–H and O–H groups in total. The summed E-state index contributed by atoms with van der Waals surface area (Å²) in [7, 11) is 0. The van der Waals surface area contributed by atoms with Crippen LogP contribution in [0.2, 0.25) is 0 Å². The molecule has 0 radical (unpaired) electrons. The SMILES string of the molecule is CC1C[C@@H](C(=O)NCC#N)N(c2ccn(-c3ccc(N4CCNCC4)cc3)n2)C1. The van der Waals surface area contributed by atoms with Crippen LogP contribution in [0.1, 0.15) is 13.3 Å². The first kappa shape index (κ1) is 19.3. The van der Waals surface area contributed by atoms with Crippen molar-refractivity contribution in [1.29, 1.82) is 5.26 Å². The molecule has 4 rings (SSSR count). The van der Waals surface area contributed by atoms with Crippen molar-refractivity contribution in [3.8, 4) is 11.8 Å². The number of carbonyl (C=O) groups is 1. The molecule has 8 nitrogen and oxygen atoms in total. The quantitative estimate of drug-likeness (QED) is 0.741. The van der Waals surface area contributed by atoms with Crippen LogP contribution in [0.5, 0.6) is 0 Å². The van der Waals surface area contributed by atoms with E-state index in [1.165, 1.54) is 5.69 Å². The predicted molar refractivity (Wildman–Crippen MR) is 112 cm³/mol. The maximum atomic E-state index is 12.5. The summed E-state index contributed by atoms with van der Waals surface area (Å²) in [6, 6.07) is 12.1. The van der Waals surface area contributed by atoms with E-state index < -0.39 is 0 Å². The minimum Gasteiger partial charge on any atom is -0.369 e. The molecule has 2 saturated heterocycles. The number of nitrogens with one attached hydrogen (secondary N) is 2. The van der Waals surface area contributed by atoms with Crippen LogP contribution in [0.15, 0.2) is 36.5 Å². The summed E-state index contributed by atoms with van der Waals surface area (Å²) in [6.07, 6.45) is 2.70.